The van der Waals surface area contributed by atoms with Gasteiger partial charge in [-0.2, -0.15) is 12.6 Å². The lowest BCUT2D eigenvalue weighted by atomic mass is 9.97. The quantitative estimate of drug-likeness (QED) is 0.206. The van der Waals surface area contributed by atoms with E-state index in [1.807, 2.05) is 7.05 Å². The third-order valence-electron chi connectivity index (χ3n) is 4.21. The number of quaternary nitrogens is 1. The van der Waals surface area contributed by atoms with Crippen LogP contribution >= 0.6 is 27.8 Å². The van der Waals surface area contributed by atoms with E-state index >= 15 is 0 Å². The van der Waals surface area contributed by atoms with Crippen LogP contribution in [0, 0.1) is 0 Å². The first-order valence-electron chi connectivity index (χ1n) is 6.56. The number of nitrogens with zero attached hydrogens (tertiary/aromatic N) is 1. The van der Waals surface area contributed by atoms with Crippen molar-refractivity contribution in [2.45, 2.75) is 37.1 Å². The van der Waals surface area contributed by atoms with Crippen LogP contribution in [0.25, 0.3) is 0 Å². The molecule has 11 heteroatoms. The molecule has 128 valence electrons. The lowest BCUT2D eigenvalue weighted by Gasteiger charge is -2.45. The van der Waals surface area contributed by atoms with Gasteiger partial charge in [-0.25, -0.2) is 0 Å². The Hall–Kier alpha value is 0.900. The second-order valence-corrected chi connectivity index (χ2v) is 10.2. The van der Waals surface area contributed by atoms with Crippen LogP contribution in [0.3, 0.4) is 0 Å². The third-order valence-corrected chi connectivity index (χ3v) is 8.19. The summed E-state index contributed by atoms with van der Waals surface area (Å²) in [5, 5.41) is -1.89. The number of piperidine rings is 1. The average molecular weight is 384 g/mol. The van der Waals surface area contributed by atoms with Crippen LogP contribution in [-0.2, 0) is 9.13 Å². The minimum Gasteiger partial charge on any atom is -1.00 e. The highest BCUT2D eigenvalue weighted by Gasteiger charge is 2.48. The molecule has 0 radical (unpaired) electrons. The van der Waals surface area contributed by atoms with Gasteiger partial charge in [0.1, 0.15) is 0 Å². The van der Waals surface area contributed by atoms with E-state index in [0.717, 1.165) is 32.4 Å². The Morgan fingerprint density at radius 1 is 1.19 bits per heavy atom. The van der Waals surface area contributed by atoms with Gasteiger partial charge in [-0.15, -0.1) is 0 Å². The average Bonchev–Trinajstić information content (AvgIpc) is 2.24. The number of hydrogen-bond donors (Lipinski definition) is 5. The Balaban J connectivity index is 0.00000400. The first-order valence-corrected chi connectivity index (χ1v) is 10.6. The smallest absolute Gasteiger partial charge is 0.340 e. The summed E-state index contributed by atoms with van der Waals surface area (Å²) in [5.74, 6) is 0.628. The number of hydrogen-bond acceptors (Lipinski definition) is 3. The summed E-state index contributed by atoms with van der Waals surface area (Å²) >= 11 is 4.21. The molecule has 1 aliphatic heterocycles. The van der Waals surface area contributed by atoms with Gasteiger partial charge in [0, 0.05) is 12.2 Å². The lowest BCUT2D eigenvalue weighted by Crippen LogP contribution is -3.00. The van der Waals surface area contributed by atoms with E-state index in [2.05, 4.69) is 12.6 Å². The van der Waals surface area contributed by atoms with Gasteiger partial charge in [0.05, 0.1) is 26.2 Å². The highest BCUT2D eigenvalue weighted by atomic mass is 35.5. The van der Waals surface area contributed by atoms with Crippen molar-refractivity contribution in [2.75, 3.05) is 25.9 Å². The van der Waals surface area contributed by atoms with Crippen molar-refractivity contribution in [3.05, 3.63) is 0 Å². The van der Waals surface area contributed by atoms with E-state index in [1.165, 1.54) is 0 Å². The van der Waals surface area contributed by atoms with Gasteiger partial charge in [0.25, 0.3) is 0 Å². The van der Waals surface area contributed by atoms with Gasteiger partial charge >= 0.3 is 15.2 Å². The second-order valence-electron chi connectivity index (χ2n) is 5.69. The van der Waals surface area contributed by atoms with Crippen molar-refractivity contribution in [3.63, 3.8) is 0 Å². The van der Waals surface area contributed by atoms with E-state index in [0.29, 0.717) is 10.2 Å². The molecule has 2 unspecified atom stereocenters. The zero-order valence-corrected chi connectivity index (χ0v) is 15.3. The van der Waals surface area contributed by atoms with Crippen LogP contribution in [0.4, 0.5) is 0 Å². The highest BCUT2D eigenvalue weighted by Crippen LogP contribution is 2.62. The third kappa shape index (κ3) is 6.13. The Kier molecular flexibility index (Phi) is 8.48. The fraction of sp³-hybridized carbons (Fsp3) is 1.00. The molecule has 0 aromatic heterocycles. The summed E-state index contributed by atoms with van der Waals surface area (Å²) in [5.41, 5.74) is 0. The van der Waals surface area contributed by atoms with Crippen LogP contribution in [-0.4, -0.2) is 61.4 Å². The molecule has 1 heterocycles. The standard InChI is InChI=1S/C10H23NO6P2S.ClH/c1-11(6-7-20)5-3-2-4-9(11)8-10(18(12,13)14)19(15,16)17;/h9-10H,2-8H2,1H3,(H4-,12,13,14,15,16,17,20);1H. The van der Waals surface area contributed by atoms with E-state index in [9.17, 15) is 28.7 Å². The Morgan fingerprint density at radius 2 is 1.71 bits per heavy atom. The fourth-order valence-electron chi connectivity index (χ4n) is 2.96. The summed E-state index contributed by atoms with van der Waals surface area (Å²) in [6.07, 6.45) is 2.50. The van der Waals surface area contributed by atoms with Crippen LogP contribution in [0.2, 0.25) is 0 Å². The zero-order chi connectivity index (χ0) is 15.6. The maximum absolute atomic E-state index is 11.4. The molecule has 0 amide bonds. The van der Waals surface area contributed by atoms with Crippen LogP contribution < -0.4 is 12.4 Å². The maximum atomic E-state index is 11.4. The number of likely N-dealkylation sites (tertiary alicyclic amines) is 1. The summed E-state index contributed by atoms with van der Waals surface area (Å²) < 4.78 is 23.4. The minimum absolute atomic E-state index is 0. The molecular formula is C10H24ClNO6P2S. The molecule has 1 rings (SSSR count). The molecule has 2 atom stereocenters. The van der Waals surface area contributed by atoms with Crippen LogP contribution in [0.15, 0.2) is 0 Å². The summed E-state index contributed by atoms with van der Waals surface area (Å²) in [4.78, 5) is 37.0. The predicted octanol–water partition coefficient (Wildman–Crippen LogP) is -2.01. The molecule has 0 bridgehead atoms. The molecular weight excluding hydrogens is 360 g/mol. The number of rotatable bonds is 6. The van der Waals surface area contributed by atoms with Gasteiger partial charge in [0.15, 0.2) is 5.40 Å². The maximum Gasteiger partial charge on any atom is 0.340 e. The molecule has 1 aliphatic rings. The summed E-state index contributed by atoms with van der Waals surface area (Å²) in [6.45, 7) is 1.57. The van der Waals surface area contributed by atoms with Crippen molar-refractivity contribution in [2.24, 2.45) is 0 Å². The molecule has 7 nitrogen and oxygen atoms in total. The highest BCUT2D eigenvalue weighted by molar-refractivity contribution is 7.80. The molecule has 21 heavy (non-hydrogen) atoms. The van der Waals surface area contributed by atoms with Crippen LogP contribution in [0.1, 0.15) is 25.7 Å². The van der Waals surface area contributed by atoms with Gasteiger partial charge in [-0.05, 0) is 19.3 Å². The summed E-state index contributed by atoms with van der Waals surface area (Å²) in [7, 11) is -7.69. The van der Waals surface area contributed by atoms with E-state index < -0.39 is 20.6 Å². The Bertz CT molecular complexity index is 404. The molecule has 0 aromatic carbocycles. The summed E-state index contributed by atoms with van der Waals surface area (Å²) in [6, 6.07) is -0.152. The second kappa shape index (κ2) is 8.13. The van der Waals surface area contributed by atoms with Gasteiger partial charge in [-0.3, -0.25) is 9.13 Å². The van der Waals surface area contributed by atoms with Crippen LogP contribution in [0.5, 0.6) is 0 Å². The molecule has 1 fully saturated rings. The van der Waals surface area contributed by atoms with Crippen molar-refractivity contribution in [3.8, 4) is 0 Å². The minimum atomic E-state index is -4.83. The van der Waals surface area contributed by atoms with Crippen molar-refractivity contribution in [1.29, 1.82) is 0 Å². The molecule has 1 saturated heterocycles. The first-order chi connectivity index (χ1) is 9.00. The van der Waals surface area contributed by atoms with E-state index in [4.69, 9.17) is 0 Å². The number of thiol groups is 1. The fourth-order valence-corrected chi connectivity index (χ4v) is 6.02. The predicted molar refractivity (Wildman–Crippen MR) is 79.9 cm³/mol. The SMILES string of the molecule is C[N+]1(CCS)CCCCC1CC(P(=O)(O)O)P(=O)(O)O.[Cl-]. The largest absolute Gasteiger partial charge is 1.00 e. The Labute approximate surface area is 136 Å². The molecule has 0 aliphatic carbocycles. The normalized spacial score (nSPS) is 27.5. The van der Waals surface area contributed by atoms with Gasteiger partial charge < -0.3 is 36.5 Å². The molecule has 4 N–H and O–H groups in total. The van der Waals surface area contributed by atoms with Crippen molar-refractivity contribution < 1.29 is 45.6 Å². The number of halogens is 1. The molecule has 0 saturated carbocycles. The zero-order valence-electron chi connectivity index (χ0n) is 11.9. The topological polar surface area (TPSA) is 115 Å². The van der Waals surface area contributed by atoms with Crippen molar-refractivity contribution >= 4 is 27.8 Å². The van der Waals surface area contributed by atoms with E-state index in [1.54, 1.807) is 0 Å². The molecule has 0 spiro atoms. The molecule has 0 aromatic rings. The van der Waals surface area contributed by atoms with Gasteiger partial charge in [0.2, 0.25) is 0 Å². The van der Waals surface area contributed by atoms with Crippen molar-refractivity contribution in [1.82, 2.24) is 0 Å². The Morgan fingerprint density at radius 3 is 2.14 bits per heavy atom. The monoisotopic (exact) mass is 383 g/mol. The van der Waals surface area contributed by atoms with E-state index in [-0.39, 0.29) is 24.9 Å². The first kappa shape index (κ1) is 21.9. The lowest BCUT2D eigenvalue weighted by molar-refractivity contribution is -0.936. The van der Waals surface area contributed by atoms with Gasteiger partial charge in [-0.1, -0.05) is 0 Å².